The Kier molecular flexibility index (Phi) is 2.10. The van der Waals surface area contributed by atoms with Crippen LogP contribution in [0.25, 0.3) is 0 Å². The SMILES string of the molecule is COc1cccc(O)c1[C@@H]1CCN1. The van der Waals surface area contributed by atoms with Crippen molar-refractivity contribution in [2.75, 3.05) is 13.7 Å². The molecule has 1 heterocycles. The van der Waals surface area contributed by atoms with Gasteiger partial charge in [0, 0.05) is 6.04 Å². The lowest BCUT2D eigenvalue weighted by atomic mass is 9.96. The predicted molar refractivity (Wildman–Crippen MR) is 50.0 cm³/mol. The number of phenolic OH excluding ortho intramolecular Hbond substituents is 1. The van der Waals surface area contributed by atoms with Crippen molar-refractivity contribution in [3.8, 4) is 11.5 Å². The molecular formula is C10H13NO2. The lowest BCUT2D eigenvalue weighted by molar-refractivity contribution is 0.337. The second-order valence-corrected chi connectivity index (χ2v) is 3.19. The van der Waals surface area contributed by atoms with Crippen LogP contribution in [0.5, 0.6) is 11.5 Å². The van der Waals surface area contributed by atoms with E-state index in [0.717, 1.165) is 24.3 Å². The zero-order chi connectivity index (χ0) is 9.26. The molecule has 0 aromatic heterocycles. The van der Waals surface area contributed by atoms with Gasteiger partial charge in [-0.1, -0.05) is 6.07 Å². The monoisotopic (exact) mass is 179 g/mol. The van der Waals surface area contributed by atoms with Gasteiger partial charge in [-0.05, 0) is 25.1 Å². The van der Waals surface area contributed by atoms with E-state index < -0.39 is 0 Å². The first-order chi connectivity index (χ1) is 6.33. The third kappa shape index (κ3) is 1.35. The van der Waals surface area contributed by atoms with Gasteiger partial charge < -0.3 is 15.2 Å². The van der Waals surface area contributed by atoms with E-state index in [1.54, 1.807) is 19.2 Å². The van der Waals surface area contributed by atoms with E-state index in [0.29, 0.717) is 5.75 Å². The third-order valence-electron chi connectivity index (χ3n) is 2.44. The number of ether oxygens (including phenoxy) is 1. The number of aromatic hydroxyl groups is 1. The maximum absolute atomic E-state index is 9.64. The summed E-state index contributed by atoms with van der Waals surface area (Å²) in [4.78, 5) is 0. The van der Waals surface area contributed by atoms with Gasteiger partial charge in [0.15, 0.2) is 0 Å². The molecule has 1 fully saturated rings. The van der Waals surface area contributed by atoms with Crippen molar-refractivity contribution < 1.29 is 9.84 Å². The Morgan fingerprint density at radius 1 is 1.54 bits per heavy atom. The van der Waals surface area contributed by atoms with Gasteiger partial charge in [-0.3, -0.25) is 0 Å². The van der Waals surface area contributed by atoms with Crippen LogP contribution in [0.4, 0.5) is 0 Å². The second kappa shape index (κ2) is 3.26. The Hall–Kier alpha value is -1.22. The summed E-state index contributed by atoms with van der Waals surface area (Å²) >= 11 is 0. The molecule has 1 aliphatic heterocycles. The lowest BCUT2D eigenvalue weighted by Gasteiger charge is -2.29. The lowest BCUT2D eigenvalue weighted by Crippen LogP contribution is -2.35. The molecule has 2 rings (SSSR count). The highest BCUT2D eigenvalue weighted by molar-refractivity contribution is 5.46. The molecule has 3 heteroatoms. The number of hydrogen-bond donors (Lipinski definition) is 2. The second-order valence-electron chi connectivity index (χ2n) is 3.19. The van der Waals surface area contributed by atoms with Crippen molar-refractivity contribution in [1.29, 1.82) is 0 Å². The quantitative estimate of drug-likeness (QED) is 0.721. The maximum Gasteiger partial charge on any atom is 0.127 e. The standard InChI is InChI=1S/C10H13NO2/c1-13-9-4-2-3-8(12)10(9)7-5-6-11-7/h2-4,7,11-12H,5-6H2,1H3/t7-/m0/s1. The Bertz CT molecular complexity index is 308. The highest BCUT2D eigenvalue weighted by Gasteiger charge is 2.24. The molecule has 0 aliphatic carbocycles. The van der Waals surface area contributed by atoms with Crippen molar-refractivity contribution in [3.63, 3.8) is 0 Å². The van der Waals surface area contributed by atoms with Crippen LogP contribution in [-0.2, 0) is 0 Å². The molecule has 1 aliphatic rings. The van der Waals surface area contributed by atoms with E-state index in [9.17, 15) is 5.11 Å². The molecule has 13 heavy (non-hydrogen) atoms. The summed E-state index contributed by atoms with van der Waals surface area (Å²) in [5.74, 6) is 1.08. The first-order valence-electron chi connectivity index (χ1n) is 4.42. The van der Waals surface area contributed by atoms with Gasteiger partial charge in [0.05, 0.1) is 12.7 Å². The molecule has 70 valence electrons. The summed E-state index contributed by atoms with van der Waals surface area (Å²) in [6.07, 6.45) is 1.06. The molecule has 1 aromatic rings. The first-order valence-corrected chi connectivity index (χ1v) is 4.42. The van der Waals surface area contributed by atoms with Gasteiger partial charge >= 0.3 is 0 Å². The van der Waals surface area contributed by atoms with Gasteiger partial charge in [0.2, 0.25) is 0 Å². The minimum Gasteiger partial charge on any atom is -0.507 e. The summed E-state index contributed by atoms with van der Waals surface area (Å²) in [6.45, 7) is 1.02. The molecule has 0 radical (unpaired) electrons. The molecule has 2 N–H and O–H groups in total. The van der Waals surface area contributed by atoms with Crippen molar-refractivity contribution in [2.45, 2.75) is 12.5 Å². The van der Waals surface area contributed by atoms with E-state index >= 15 is 0 Å². The summed E-state index contributed by atoms with van der Waals surface area (Å²) in [7, 11) is 1.62. The molecule has 1 aromatic carbocycles. The van der Waals surface area contributed by atoms with E-state index in [2.05, 4.69) is 5.32 Å². The Morgan fingerprint density at radius 3 is 2.85 bits per heavy atom. The van der Waals surface area contributed by atoms with Gasteiger partial charge in [0.1, 0.15) is 11.5 Å². The van der Waals surface area contributed by atoms with Gasteiger partial charge in [-0.25, -0.2) is 0 Å². The fraction of sp³-hybridized carbons (Fsp3) is 0.400. The van der Waals surface area contributed by atoms with Crippen molar-refractivity contribution in [3.05, 3.63) is 23.8 Å². The fourth-order valence-electron chi connectivity index (χ4n) is 1.60. The topological polar surface area (TPSA) is 41.5 Å². The van der Waals surface area contributed by atoms with E-state index in [-0.39, 0.29) is 6.04 Å². The van der Waals surface area contributed by atoms with Gasteiger partial charge in [0.25, 0.3) is 0 Å². The average Bonchev–Trinajstić information content (AvgIpc) is 2.05. The summed E-state index contributed by atoms with van der Waals surface area (Å²) in [6, 6.07) is 5.61. The molecule has 1 saturated heterocycles. The summed E-state index contributed by atoms with van der Waals surface area (Å²) < 4.78 is 5.18. The van der Waals surface area contributed by atoms with Crippen LogP contribution >= 0.6 is 0 Å². The van der Waals surface area contributed by atoms with Crippen LogP contribution in [0.2, 0.25) is 0 Å². The third-order valence-corrected chi connectivity index (χ3v) is 2.44. The van der Waals surface area contributed by atoms with Crippen molar-refractivity contribution in [1.82, 2.24) is 5.32 Å². The molecule has 0 unspecified atom stereocenters. The smallest absolute Gasteiger partial charge is 0.127 e. The first kappa shape index (κ1) is 8.38. The largest absolute Gasteiger partial charge is 0.507 e. The fourth-order valence-corrected chi connectivity index (χ4v) is 1.60. The van der Waals surface area contributed by atoms with E-state index in [1.165, 1.54) is 0 Å². The van der Waals surface area contributed by atoms with E-state index in [4.69, 9.17) is 4.74 Å². The average molecular weight is 179 g/mol. The number of benzene rings is 1. The molecular weight excluding hydrogens is 166 g/mol. The summed E-state index contributed by atoms with van der Waals surface area (Å²) in [5, 5.41) is 12.9. The molecule has 0 bridgehead atoms. The maximum atomic E-state index is 9.64. The number of methoxy groups -OCH3 is 1. The molecule has 0 spiro atoms. The Morgan fingerprint density at radius 2 is 2.31 bits per heavy atom. The van der Waals surface area contributed by atoms with Crippen molar-refractivity contribution in [2.24, 2.45) is 0 Å². The van der Waals surface area contributed by atoms with Gasteiger partial charge in [-0.2, -0.15) is 0 Å². The minimum atomic E-state index is 0.260. The van der Waals surface area contributed by atoms with Crippen molar-refractivity contribution >= 4 is 0 Å². The highest BCUT2D eigenvalue weighted by Crippen LogP contribution is 2.37. The molecule has 3 nitrogen and oxygen atoms in total. The predicted octanol–water partition coefficient (Wildman–Crippen LogP) is 1.44. The molecule has 1 atom stereocenters. The van der Waals surface area contributed by atoms with Crippen LogP contribution in [-0.4, -0.2) is 18.8 Å². The van der Waals surface area contributed by atoms with Crippen LogP contribution in [0.1, 0.15) is 18.0 Å². The van der Waals surface area contributed by atoms with Crippen LogP contribution in [0, 0.1) is 0 Å². The van der Waals surface area contributed by atoms with Gasteiger partial charge in [-0.15, -0.1) is 0 Å². The van der Waals surface area contributed by atoms with Crippen LogP contribution < -0.4 is 10.1 Å². The zero-order valence-corrected chi connectivity index (χ0v) is 7.58. The van der Waals surface area contributed by atoms with Crippen LogP contribution in [0.15, 0.2) is 18.2 Å². The molecule has 0 saturated carbocycles. The number of rotatable bonds is 2. The number of phenols is 1. The number of hydrogen-bond acceptors (Lipinski definition) is 3. The Balaban J connectivity index is 2.39. The zero-order valence-electron chi connectivity index (χ0n) is 7.58. The Labute approximate surface area is 77.3 Å². The van der Waals surface area contributed by atoms with E-state index in [1.807, 2.05) is 6.07 Å². The normalized spacial score (nSPS) is 20.8. The number of nitrogens with one attached hydrogen (secondary N) is 1. The molecule has 0 amide bonds. The summed E-state index contributed by atoms with van der Waals surface area (Å²) in [5.41, 5.74) is 0.885. The minimum absolute atomic E-state index is 0.260. The van der Waals surface area contributed by atoms with Crippen LogP contribution in [0.3, 0.4) is 0 Å². The highest BCUT2D eigenvalue weighted by atomic mass is 16.5.